The molecule has 1 aliphatic carbocycles. The third-order valence-electron chi connectivity index (χ3n) is 4.20. The zero-order chi connectivity index (χ0) is 14.3. The highest BCUT2D eigenvalue weighted by atomic mass is 35.5. The molecule has 3 rings (SSSR count). The predicted octanol–water partition coefficient (Wildman–Crippen LogP) is 4.67. The molecule has 0 N–H and O–H groups in total. The van der Waals surface area contributed by atoms with Gasteiger partial charge >= 0.3 is 0 Å². The first-order valence-corrected chi connectivity index (χ1v) is 7.60. The Kier molecular flexibility index (Phi) is 3.59. The molecular formula is C15H16Cl2O3. The second kappa shape index (κ2) is 5.12. The van der Waals surface area contributed by atoms with Gasteiger partial charge in [-0.15, -0.1) is 0 Å². The topological polar surface area (TPSA) is 35.5 Å². The number of rotatable bonds is 1. The molecule has 108 valence electrons. The number of Topliss-reactive ketones (excluding diaryl/α,β-unsaturated/α-hetero) is 1. The number of halogens is 2. The fourth-order valence-corrected chi connectivity index (χ4v) is 3.75. The molecule has 0 amide bonds. The third-order valence-corrected chi connectivity index (χ3v) is 4.86. The number of fused-ring (bicyclic) bond motifs is 1. The summed E-state index contributed by atoms with van der Waals surface area (Å²) in [6.07, 6.45) is 5.53. The van der Waals surface area contributed by atoms with E-state index in [1.807, 2.05) is 0 Å². The Morgan fingerprint density at radius 2 is 1.95 bits per heavy atom. The van der Waals surface area contributed by atoms with Crippen molar-refractivity contribution in [2.75, 3.05) is 7.11 Å². The van der Waals surface area contributed by atoms with Crippen LogP contribution in [0.25, 0.3) is 0 Å². The Morgan fingerprint density at radius 3 is 2.60 bits per heavy atom. The molecule has 0 atom stereocenters. The van der Waals surface area contributed by atoms with Crippen LogP contribution < -0.4 is 9.47 Å². The van der Waals surface area contributed by atoms with Gasteiger partial charge in [0, 0.05) is 6.07 Å². The number of carbonyl (C=O) groups is 1. The summed E-state index contributed by atoms with van der Waals surface area (Å²) < 4.78 is 11.4. The van der Waals surface area contributed by atoms with Crippen LogP contribution in [0.3, 0.4) is 0 Å². The number of hydrogen-bond acceptors (Lipinski definition) is 3. The van der Waals surface area contributed by atoms with Crippen molar-refractivity contribution in [3.63, 3.8) is 0 Å². The Hall–Kier alpha value is -0.930. The third kappa shape index (κ3) is 2.17. The lowest BCUT2D eigenvalue weighted by atomic mass is 9.78. The molecule has 0 unspecified atom stereocenters. The molecule has 0 radical (unpaired) electrons. The van der Waals surface area contributed by atoms with E-state index in [1.54, 1.807) is 6.07 Å². The maximum Gasteiger partial charge on any atom is 0.172 e. The Morgan fingerprint density at radius 1 is 1.25 bits per heavy atom. The van der Waals surface area contributed by atoms with E-state index in [1.165, 1.54) is 13.5 Å². The molecule has 1 saturated carbocycles. The monoisotopic (exact) mass is 314 g/mol. The minimum atomic E-state index is -0.401. The van der Waals surface area contributed by atoms with E-state index in [9.17, 15) is 4.79 Å². The molecule has 20 heavy (non-hydrogen) atoms. The highest BCUT2D eigenvalue weighted by Gasteiger charge is 2.43. The summed E-state index contributed by atoms with van der Waals surface area (Å²) in [6, 6.07) is 1.57. The van der Waals surface area contributed by atoms with Crippen molar-refractivity contribution in [2.45, 2.75) is 44.1 Å². The number of ether oxygens (including phenoxy) is 2. The molecule has 1 aliphatic heterocycles. The van der Waals surface area contributed by atoms with Gasteiger partial charge in [-0.1, -0.05) is 29.6 Å². The van der Waals surface area contributed by atoms with Gasteiger partial charge in [0.15, 0.2) is 11.5 Å². The van der Waals surface area contributed by atoms with Crippen LogP contribution in [-0.2, 0) is 0 Å². The van der Waals surface area contributed by atoms with E-state index in [4.69, 9.17) is 32.7 Å². The molecule has 0 bridgehead atoms. The number of carbonyl (C=O) groups excluding carboxylic acids is 1. The van der Waals surface area contributed by atoms with Gasteiger partial charge in [0.05, 0.1) is 24.1 Å². The number of ketones is 1. The summed E-state index contributed by atoms with van der Waals surface area (Å²) in [5.74, 6) is 0.855. The normalized spacial score (nSPS) is 20.4. The minimum absolute atomic E-state index is 0.0164. The van der Waals surface area contributed by atoms with E-state index >= 15 is 0 Å². The summed E-state index contributed by atoms with van der Waals surface area (Å²) in [6.45, 7) is 0. The highest BCUT2D eigenvalue weighted by molar-refractivity contribution is 6.38. The summed E-state index contributed by atoms with van der Waals surface area (Å²) in [4.78, 5) is 12.5. The summed E-state index contributed by atoms with van der Waals surface area (Å²) in [5.41, 5.74) is -0.00421. The molecule has 0 aromatic heterocycles. The molecule has 1 heterocycles. The van der Waals surface area contributed by atoms with Crippen molar-refractivity contribution in [3.05, 3.63) is 21.7 Å². The summed E-state index contributed by atoms with van der Waals surface area (Å²) >= 11 is 12.5. The lowest BCUT2D eigenvalue weighted by molar-refractivity contribution is 0.0136. The Balaban J connectivity index is 2.10. The van der Waals surface area contributed by atoms with Crippen LogP contribution >= 0.6 is 23.2 Å². The largest absolute Gasteiger partial charge is 0.495 e. The first-order chi connectivity index (χ1) is 9.56. The lowest BCUT2D eigenvalue weighted by Crippen LogP contribution is -2.43. The fourth-order valence-electron chi connectivity index (χ4n) is 3.19. The van der Waals surface area contributed by atoms with Crippen molar-refractivity contribution in [1.82, 2.24) is 0 Å². The second-order valence-electron chi connectivity index (χ2n) is 5.52. The van der Waals surface area contributed by atoms with Gasteiger partial charge in [-0.05, 0) is 25.7 Å². The van der Waals surface area contributed by atoms with E-state index < -0.39 is 5.60 Å². The van der Waals surface area contributed by atoms with Crippen molar-refractivity contribution < 1.29 is 14.3 Å². The van der Waals surface area contributed by atoms with E-state index in [0.717, 1.165) is 25.7 Å². The van der Waals surface area contributed by atoms with Gasteiger partial charge in [0.25, 0.3) is 0 Å². The van der Waals surface area contributed by atoms with Gasteiger partial charge in [0.2, 0.25) is 0 Å². The quantitative estimate of drug-likeness (QED) is 0.755. The molecule has 2 aliphatic rings. The summed E-state index contributed by atoms with van der Waals surface area (Å²) in [7, 11) is 1.52. The van der Waals surface area contributed by atoms with Crippen molar-refractivity contribution in [2.24, 2.45) is 0 Å². The Labute approximate surface area is 128 Å². The average Bonchev–Trinajstić information content (AvgIpc) is 2.43. The number of benzene rings is 1. The predicted molar refractivity (Wildman–Crippen MR) is 78.4 cm³/mol. The van der Waals surface area contributed by atoms with E-state index in [0.29, 0.717) is 33.5 Å². The smallest absolute Gasteiger partial charge is 0.172 e. The molecule has 1 spiro atoms. The minimum Gasteiger partial charge on any atom is -0.495 e. The standard InChI is InChI=1S/C15H16Cl2O3/c1-19-11-7-9(16)12-10(18)8-15(5-3-2-4-6-15)20-14(12)13(11)17/h7H,2-6,8H2,1H3. The average molecular weight is 315 g/mol. The van der Waals surface area contributed by atoms with Gasteiger partial charge < -0.3 is 9.47 Å². The first-order valence-electron chi connectivity index (χ1n) is 6.84. The van der Waals surface area contributed by atoms with Crippen molar-refractivity contribution in [1.29, 1.82) is 0 Å². The van der Waals surface area contributed by atoms with Crippen molar-refractivity contribution in [3.8, 4) is 11.5 Å². The lowest BCUT2D eigenvalue weighted by Gasteiger charge is -2.41. The number of hydrogen-bond donors (Lipinski definition) is 0. The zero-order valence-electron chi connectivity index (χ0n) is 11.3. The Bertz CT molecular complexity index is 563. The molecular weight excluding hydrogens is 299 g/mol. The number of methoxy groups -OCH3 is 1. The fraction of sp³-hybridized carbons (Fsp3) is 0.533. The maximum atomic E-state index is 12.5. The first kappa shape index (κ1) is 14.0. The second-order valence-corrected chi connectivity index (χ2v) is 6.31. The van der Waals surface area contributed by atoms with Crippen LogP contribution in [0.4, 0.5) is 0 Å². The maximum absolute atomic E-state index is 12.5. The van der Waals surface area contributed by atoms with Crippen molar-refractivity contribution >= 4 is 29.0 Å². The van der Waals surface area contributed by atoms with Gasteiger partial charge in [-0.2, -0.15) is 0 Å². The molecule has 1 aromatic carbocycles. The van der Waals surface area contributed by atoms with E-state index in [2.05, 4.69) is 0 Å². The van der Waals surface area contributed by atoms with Crippen LogP contribution in [0, 0.1) is 0 Å². The molecule has 0 saturated heterocycles. The molecule has 3 nitrogen and oxygen atoms in total. The van der Waals surface area contributed by atoms with Crippen LogP contribution in [-0.4, -0.2) is 18.5 Å². The van der Waals surface area contributed by atoms with Crippen LogP contribution in [0.5, 0.6) is 11.5 Å². The van der Waals surface area contributed by atoms with Crippen LogP contribution in [0.1, 0.15) is 48.9 Å². The molecule has 1 fully saturated rings. The zero-order valence-corrected chi connectivity index (χ0v) is 12.8. The van der Waals surface area contributed by atoms with Gasteiger partial charge in [0.1, 0.15) is 16.4 Å². The van der Waals surface area contributed by atoms with Crippen LogP contribution in [0.15, 0.2) is 6.07 Å². The SMILES string of the molecule is COc1cc(Cl)c2c(c1Cl)OC1(CCCCC1)CC2=O. The van der Waals surface area contributed by atoms with E-state index in [-0.39, 0.29) is 5.78 Å². The van der Waals surface area contributed by atoms with Gasteiger partial charge in [-0.25, -0.2) is 0 Å². The highest BCUT2D eigenvalue weighted by Crippen LogP contribution is 2.49. The summed E-state index contributed by atoms with van der Waals surface area (Å²) in [5, 5.41) is 0.682. The van der Waals surface area contributed by atoms with Gasteiger partial charge in [-0.3, -0.25) is 4.79 Å². The molecule has 1 aromatic rings. The molecule has 5 heteroatoms. The van der Waals surface area contributed by atoms with Crippen LogP contribution in [0.2, 0.25) is 10.0 Å².